The van der Waals surface area contributed by atoms with Crippen LogP contribution in [-0.4, -0.2) is 12.5 Å². The maximum absolute atomic E-state index is 12.2. The number of amides is 1. The smallest absolute Gasteiger partial charge is 0.240 e. The van der Waals surface area contributed by atoms with Gasteiger partial charge < -0.3 is 9.73 Å². The Labute approximate surface area is 114 Å². The molecule has 1 rings (SSSR count). The van der Waals surface area contributed by atoms with Crippen molar-refractivity contribution in [2.75, 3.05) is 6.54 Å². The second-order valence-electron chi connectivity index (χ2n) is 4.78. The minimum absolute atomic E-state index is 0.148. The lowest BCUT2D eigenvalue weighted by Gasteiger charge is -2.24. The van der Waals surface area contributed by atoms with E-state index in [1.54, 1.807) is 6.26 Å². The molecular formula is C15H22N2O2. The zero-order valence-corrected chi connectivity index (χ0v) is 11.7. The van der Waals surface area contributed by atoms with Crippen molar-refractivity contribution in [3.63, 3.8) is 0 Å². The Morgan fingerprint density at radius 3 is 2.58 bits per heavy atom. The van der Waals surface area contributed by atoms with Crippen molar-refractivity contribution in [2.45, 2.75) is 46.0 Å². The topological polar surface area (TPSA) is 66.0 Å². The van der Waals surface area contributed by atoms with Crippen LogP contribution in [-0.2, 0) is 11.2 Å². The Morgan fingerprint density at radius 2 is 2.11 bits per heavy atom. The van der Waals surface area contributed by atoms with Crippen LogP contribution < -0.4 is 5.32 Å². The molecule has 0 radical (unpaired) electrons. The third-order valence-electron chi connectivity index (χ3n) is 3.24. The fourth-order valence-electron chi connectivity index (χ4n) is 2.29. The Hall–Kier alpha value is -1.76. The number of carbonyl (C=O) groups is 1. The van der Waals surface area contributed by atoms with E-state index in [1.165, 1.54) is 0 Å². The van der Waals surface area contributed by atoms with E-state index in [-0.39, 0.29) is 5.91 Å². The van der Waals surface area contributed by atoms with Crippen molar-refractivity contribution in [1.29, 1.82) is 5.26 Å². The highest BCUT2D eigenvalue weighted by molar-refractivity contribution is 5.85. The summed E-state index contributed by atoms with van der Waals surface area (Å²) in [5.74, 6) is 0.694. The van der Waals surface area contributed by atoms with Gasteiger partial charge in [0.25, 0.3) is 0 Å². The summed E-state index contributed by atoms with van der Waals surface area (Å²) in [6.07, 6.45) is 5.16. The maximum atomic E-state index is 12.2. The summed E-state index contributed by atoms with van der Waals surface area (Å²) in [7, 11) is 0. The molecule has 0 saturated heterocycles. The summed E-state index contributed by atoms with van der Waals surface area (Å²) in [6, 6.07) is 5.93. The van der Waals surface area contributed by atoms with Crippen LogP contribution in [0.3, 0.4) is 0 Å². The average Bonchev–Trinajstić information content (AvgIpc) is 2.91. The van der Waals surface area contributed by atoms with Crippen LogP contribution in [0.4, 0.5) is 0 Å². The molecule has 1 aromatic rings. The van der Waals surface area contributed by atoms with Gasteiger partial charge in [-0.2, -0.15) is 5.26 Å². The molecule has 1 heterocycles. The van der Waals surface area contributed by atoms with Gasteiger partial charge in [0.05, 0.1) is 12.3 Å². The van der Waals surface area contributed by atoms with E-state index in [0.29, 0.717) is 25.8 Å². The molecule has 0 atom stereocenters. The third kappa shape index (κ3) is 4.13. The molecule has 0 aromatic carbocycles. The lowest BCUT2D eigenvalue weighted by atomic mass is 9.80. The molecule has 4 heteroatoms. The molecular weight excluding hydrogens is 240 g/mol. The molecule has 1 aromatic heterocycles. The highest BCUT2D eigenvalue weighted by atomic mass is 16.3. The quantitative estimate of drug-likeness (QED) is 0.783. The van der Waals surface area contributed by atoms with Crippen LogP contribution >= 0.6 is 0 Å². The predicted molar refractivity (Wildman–Crippen MR) is 73.3 cm³/mol. The van der Waals surface area contributed by atoms with E-state index in [9.17, 15) is 10.1 Å². The summed E-state index contributed by atoms with van der Waals surface area (Å²) in [5.41, 5.74) is -0.868. The molecule has 0 bridgehead atoms. The first-order valence-electron chi connectivity index (χ1n) is 6.90. The predicted octanol–water partition coefficient (Wildman–Crippen LogP) is 3.05. The zero-order valence-electron chi connectivity index (χ0n) is 11.7. The summed E-state index contributed by atoms with van der Waals surface area (Å²) in [4.78, 5) is 12.2. The average molecular weight is 262 g/mol. The second kappa shape index (κ2) is 7.63. The molecule has 19 heavy (non-hydrogen) atoms. The fourth-order valence-corrected chi connectivity index (χ4v) is 2.29. The van der Waals surface area contributed by atoms with E-state index in [4.69, 9.17) is 4.42 Å². The summed E-state index contributed by atoms with van der Waals surface area (Å²) < 4.78 is 5.21. The monoisotopic (exact) mass is 262 g/mol. The van der Waals surface area contributed by atoms with E-state index in [0.717, 1.165) is 18.6 Å². The molecule has 0 unspecified atom stereocenters. The first-order chi connectivity index (χ1) is 9.18. The van der Waals surface area contributed by atoms with E-state index >= 15 is 0 Å². The van der Waals surface area contributed by atoms with Gasteiger partial charge in [0.15, 0.2) is 0 Å². The van der Waals surface area contributed by atoms with Gasteiger partial charge in [-0.05, 0) is 25.0 Å². The summed E-state index contributed by atoms with van der Waals surface area (Å²) in [6.45, 7) is 4.50. The molecule has 104 valence electrons. The van der Waals surface area contributed by atoms with Gasteiger partial charge in [-0.1, -0.05) is 26.7 Å². The largest absolute Gasteiger partial charge is 0.469 e. The van der Waals surface area contributed by atoms with Crippen LogP contribution in [0, 0.1) is 16.7 Å². The van der Waals surface area contributed by atoms with Crippen molar-refractivity contribution >= 4 is 5.91 Å². The van der Waals surface area contributed by atoms with Gasteiger partial charge in [-0.25, -0.2) is 0 Å². The molecule has 1 N–H and O–H groups in total. The van der Waals surface area contributed by atoms with E-state index in [1.807, 2.05) is 26.0 Å². The standard InChI is InChI=1S/C15H22N2O2/c1-3-8-15(12-16,9-4-2)14(18)17-10-7-13-6-5-11-19-13/h5-6,11H,3-4,7-10H2,1-2H3,(H,17,18). The van der Waals surface area contributed by atoms with Crippen LogP contribution in [0.5, 0.6) is 0 Å². The zero-order chi connectivity index (χ0) is 14.1. The highest BCUT2D eigenvalue weighted by Gasteiger charge is 2.36. The lowest BCUT2D eigenvalue weighted by molar-refractivity contribution is -0.128. The number of nitrogens with zero attached hydrogens (tertiary/aromatic N) is 1. The molecule has 0 aliphatic carbocycles. The van der Waals surface area contributed by atoms with Gasteiger partial charge in [-0.3, -0.25) is 4.79 Å². The number of carbonyl (C=O) groups excluding carboxylic acids is 1. The fraction of sp³-hybridized carbons (Fsp3) is 0.600. The normalized spacial score (nSPS) is 11.0. The molecule has 4 nitrogen and oxygen atoms in total. The Bertz CT molecular complexity index is 412. The van der Waals surface area contributed by atoms with Crippen molar-refractivity contribution < 1.29 is 9.21 Å². The number of nitriles is 1. The van der Waals surface area contributed by atoms with Crippen LogP contribution in [0.15, 0.2) is 22.8 Å². The van der Waals surface area contributed by atoms with Crippen LogP contribution in [0.1, 0.15) is 45.3 Å². The second-order valence-corrected chi connectivity index (χ2v) is 4.78. The van der Waals surface area contributed by atoms with Gasteiger partial charge >= 0.3 is 0 Å². The number of hydrogen-bond donors (Lipinski definition) is 1. The minimum atomic E-state index is -0.868. The van der Waals surface area contributed by atoms with Gasteiger partial charge in [0.1, 0.15) is 11.2 Å². The lowest BCUT2D eigenvalue weighted by Crippen LogP contribution is -2.40. The number of nitrogens with one attached hydrogen (secondary N) is 1. The summed E-state index contributed by atoms with van der Waals surface area (Å²) >= 11 is 0. The first-order valence-corrected chi connectivity index (χ1v) is 6.90. The van der Waals surface area contributed by atoms with Gasteiger partial charge in [0.2, 0.25) is 5.91 Å². The molecule has 0 aliphatic heterocycles. The highest BCUT2D eigenvalue weighted by Crippen LogP contribution is 2.29. The van der Waals surface area contributed by atoms with Crippen molar-refractivity contribution in [3.8, 4) is 6.07 Å². The van der Waals surface area contributed by atoms with E-state index < -0.39 is 5.41 Å². The van der Waals surface area contributed by atoms with Gasteiger partial charge in [0, 0.05) is 13.0 Å². The molecule has 0 fully saturated rings. The molecule has 0 saturated carbocycles. The molecule has 1 amide bonds. The number of furan rings is 1. The van der Waals surface area contributed by atoms with Crippen LogP contribution in [0.25, 0.3) is 0 Å². The van der Waals surface area contributed by atoms with Gasteiger partial charge in [-0.15, -0.1) is 0 Å². The first kappa shape index (κ1) is 15.3. The summed E-state index contributed by atoms with van der Waals surface area (Å²) in [5, 5.41) is 12.2. The van der Waals surface area contributed by atoms with Crippen molar-refractivity contribution in [3.05, 3.63) is 24.2 Å². The Morgan fingerprint density at radius 1 is 1.42 bits per heavy atom. The SMILES string of the molecule is CCCC(C#N)(CCC)C(=O)NCCc1ccco1. The van der Waals surface area contributed by atoms with Crippen molar-refractivity contribution in [1.82, 2.24) is 5.32 Å². The van der Waals surface area contributed by atoms with Crippen LogP contribution in [0.2, 0.25) is 0 Å². The number of hydrogen-bond acceptors (Lipinski definition) is 3. The van der Waals surface area contributed by atoms with Crippen molar-refractivity contribution in [2.24, 2.45) is 5.41 Å². The maximum Gasteiger partial charge on any atom is 0.240 e. The Kier molecular flexibility index (Phi) is 6.14. The van der Waals surface area contributed by atoms with E-state index in [2.05, 4.69) is 11.4 Å². The molecule has 0 spiro atoms. The number of rotatable bonds is 8. The third-order valence-corrected chi connectivity index (χ3v) is 3.24. The molecule has 0 aliphatic rings. The minimum Gasteiger partial charge on any atom is -0.469 e. The Balaban J connectivity index is 2.54.